The lowest BCUT2D eigenvalue weighted by molar-refractivity contribution is -0.119. The number of amides is 1. The number of hydrogen-bond donors (Lipinski definition) is 3. The number of ether oxygens (including phenoxy) is 1. The van der Waals surface area contributed by atoms with Crippen molar-refractivity contribution in [3.05, 3.63) is 41.5 Å². The van der Waals surface area contributed by atoms with E-state index in [0.29, 0.717) is 5.75 Å². The second-order valence-corrected chi connectivity index (χ2v) is 9.01. The Morgan fingerprint density at radius 1 is 1.04 bits per heavy atom. The van der Waals surface area contributed by atoms with Crippen LogP contribution in [0.3, 0.4) is 0 Å². The van der Waals surface area contributed by atoms with Crippen LogP contribution in [0.2, 0.25) is 0 Å². The highest BCUT2D eigenvalue weighted by Gasteiger charge is 2.40. The van der Waals surface area contributed by atoms with Crippen molar-refractivity contribution in [1.82, 2.24) is 0 Å². The second-order valence-electron chi connectivity index (χ2n) is 7.44. The Kier molecular flexibility index (Phi) is 3.97. The van der Waals surface area contributed by atoms with Gasteiger partial charge in [0.15, 0.2) is 0 Å². The molecule has 2 aromatic carbocycles. The Labute approximate surface area is 163 Å². The van der Waals surface area contributed by atoms with Crippen molar-refractivity contribution in [1.29, 1.82) is 0 Å². The largest absolute Gasteiger partial charge is 0.496 e. The molecule has 0 bridgehead atoms. The second kappa shape index (κ2) is 6.03. The van der Waals surface area contributed by atoms with Gasteiger partial charge in [0.2, 0.25) is 5.91 Å². The van der Waals surface area contributed by atoms with Gasteiger partial charge in [-0.1, -0.05) is 0 Å². The third-order valence-corrected chi connectivity index (χ3v) is 5.51. The van der Waals surface area contributed by atoms with Crippen LogP contribution in [0.4, 0.5) is 17.1 Å². The quantitative estimate of drug-likeness (QED) is 0.674. The third kappa shape index (κ3) is 3.01. The highest BCUT2D eigenvalue weighted by atomic mass is 32.2. The van der Waals surface area contributed by atoms with Gasteiger partial charge in [0, 0.05) is 17.3 Å². The molecule has 1 unspecified atom stereocenters. The van der Waals surface area contributed by atoms with Gasteiger partial charge in [-0.3, -0.25) is 4.79 Å². The van der Waals surface area contributed by atoms with Gasteiger partial charge >= 0.3 is 10.1 Å². The van der Waals surface area contributed by atoms with E-state index in [9.17, 15) is 13.2 Å². The normalized spacial score (nSPS) is 19.1. The monoisotopic (exact) mass is 403 g/mol. The van der Waals surface area contributed by atoms with Crippen LogP contribution in [0.15, 0.2) is 30.3 Å². The fourth-order valence-electron chi connectivity index (χ4n) is 3.52. The summed E-state index contributed by atoms with van der Waals surface area (Å²) in [6.07, 6.45) is 0.711. The van der Waals surface area contributed by atoms with Crippen molar-refractivity contribution in [2.24, 2.45) is 0 Å². The minimum absolute atomic E-state index is 0.0224. The van der Waals surface area contributed by atoms with Crippen LogP contribution in [0.25, 0.3) is 0 Å². The molecule has 148 valence electrons. The van der Waals surface area contributed by atoms with Gasteiger partial charge in [0.25, 0.3) is 0 Å². The number of carbonyl (C=O) groups excluding carboxylic acids is 1. The lowest BCUT2D eigenvalue weighted by Gasteiger charge is -2.17. The first-order chi connectivity index (χ1) is 13.1. The van der Waals surface area contributed by atoms with Crippen LogP contribution >= 0.6 is 0 Å². The van der Waals surface area contributed by atoms with E-state index in [-0.39, 0.29) is 17.8 Å². The first kappa shape index (κ1) is 18.4. The smallest absolute Gasteiger partial charge is 0.306 e. The molecule has 3 N–H and O–H groups in total. The van der Waals surface area contributed by atoms with Crippen LogP contribution < -0.4 is 24.9 Å². The molecule has 1 atom stereocenters. The number of hydrogen-bond acceptors (Lipinski definition) is 7. The Morgan fingerprint density at radius 3 is 2.36 bits per heavy atom. The van der Waals surface area contributed by atoms with E-state index in [1.54, 1.807) is 12.1 Å². The van der Waals surface area contributed by atoms with E-state index < -0.39 is 15.5 Å². The summed E-state index contributed by atoms with van der Waals surface area (Å²) >= 11 is 0. The van der Waals surface area contributed by atoms with Crippen LogP contribution in [-0.4, -0.2) is 27.7 Å². The zero-order chi connectivity index (χ0) is 20.3. The standard InChI is InChI=1S/C19H21N3O5S/c1-19(2)12-8-14-15(9-13(12)22-18(19)23)21-17(20-14)11-6-5-10(7-16(11)26-3)27-28(4,24)25/h5-9,17,20-21H,1-4H3,(H,22,23). The van der Waals surface area contributed by atoms with Crippen molar-refractivity contribution in [2.75, 3.05) is 29.3 Å². The summed E-state index contributed by atoms with van der Waals surface area (Å²) < 4.78 is 33.0. The highest BCUT2D eigenvalue weighted by molar-refractivity contribution is 7.86. The summed E-state index contributed by atoms with van der Waals surface area (Å²) in [7, 11) is -2.11. The molecule has 2 aromatic rings. The number of fused-ring (bicyclic) bond motifs is 2. The molecule has 2 heterocycles. The molecule has 0 saturated carbocycles. The molecule has 0 aromatic heterocycles. The number of benzene rings is 2. The zero-order valence-corrected chi connectivity index (χ0v) is 16.7. The molecule has 2 aliphatic rings. The van der Waals surface area contributed by atoms with E-state index in [1.807, 2.05) is 26.0 Å². The molecule has 0 aliphatic carbocycles. The van der Waals surface area contributed by atoms with Gasteiger partial charge in [-0.05, 0) is 43.7 Å². The molecule has 28 heavy (non-hydrogen) atoms. The maximum absolute atomic E-state index is 12.2. The van der Waals surface area contributed by atoms with E-state index in [4.69, 9.17) is 8.92 Å². The molecular weight excluding hydrogens is 382 g/mol. The number of nitrogens with one attached hydrogen (secondary N) is 3. The summed E-state index contributed by atoms with van der Waals surface area (Å²) in [5.41, 5.74) is 3.68. The summed E-state index contributed by atoms with van der Waals surface area (Å²) in [6.45, 7) is 3.79. The van der Waals surface area contributed by atoms with E-state index in [2.05, 4.69) is 16.0 Å². The molecule has 8 nitrogen and oxygen atoms in total. The molecule has 0 saturated heterocycles. The minimum atomic E-state index is -3.62. The molecule has 0 radical (unpaired) electrons. The van der Waals surface area contributed by atoms with E-state index in [1.165, 1.54) is 13.2 Å². The molecule has 1 amide bonds. The predicted molar refractivity (Wildman–Crippen MR) is 107 cm³/mol. The van der Waals surface area contributed by atoms with Crippen molar-refractivity contribution in [3.63, 3.8) is 0 Å². The first-order valence-corrected chi connectivity index (χ1v) is 10.5. The average molecular weight is 403 g/mol. The van der Waals surface area contributed by atoms with Gasteiger partial charge in [-0.25, -0.2) is 0 Å². The van der Waals surface area contributed by atoms with Gasteiger partial charge in [0.05, 0.1) is 30.2 Å². The van der Waals surface area contributed by atoms with Gasteiger partial charge in [0.1, 0.15) is 17.7 Å². The number of methoxy groups -OCH3 is 1. The predicted octanol–water partition coefficient (Wildman–Crippen LogP) is 2.80. The molecule has 4 rings (SSSR count). The number of carbonyl (C=O) groups is 1. The van der Waals surface area contributed by atoms with Crippen molar-refractivity contribution in [2.45, 2.75) is 25.4 Å². The third-order valence-electron chi connectivity index (χ3n) is 5.01. The molecular formula is C19H21N3O5S. The maximum Gasteiger partial charge on any atom is 0.306 e. The molecule has 0 spiro atoms. The summed E-state index contributed by atoms with van der Waals surface area (Å²) in [4.78, 5) is 12.2. The van der Waals surface area contributed by atoms with Crippen LogP contribution in [0.1, 0.15) is 31.1 Å². The summed E-state index contributed by atoms with van der Waals surface area (Å²) in [6, 6.07) is 8.75. The van der Waals surface area contributed by atoms with Gasteiger partial charge < -0.3 is 24.9 Å². The molecule has 0 fully saturated rings. The van der Waals surface area contributed by atoms with E-state index in [0.717, 1.165) is 34.4 Å². The maximum atomic E-state index is 12.2. The first-order valence-electron chi connectivity index (χ1n) is 8.69. The highest BCUT2D eigenvalue weighted by Crippen LogP contribution is 2.46. The molecule has 2 aliphatic heterocycles. The lowest BCUT2D eigenvalue weighted by Crippen LogP contribution is -2.26. The Balaban J connectivity index is 1.64. The minimum Gasteiger partial charge on any atom is -0.496 e. The Bertz CT molecular complexity index is 1090. The van der Waals surface area contributed by atoms with Gasteiger partial charge in [-0.2, -0.15) is 8.42 Å². The van der Waals surface area contributed by atoms with E-state index >= 15 is 0 Å². The SMILES string of the molecule is COc1cc(OS(C)(=O)=O)ccc1C1Nc2cc3c(cc2N1)C(C)(C)C(=O)N3. The van der Waals surface area contributed by atoms with Gasteiger partial charge in [-0.15, -0.1) is 0 Å². The molecule has 9 heteroatoms. The summed E-state index contributed by atoms with van der Waals surface area (Å²) in [5.74, 6) is 0.646. The van der Waals surface area contributed by atoms with Crippen LogP contribution in [0.5, 0.6) is 11.5 Å². The van der Waals surface area contributed by atoms with Crippen LogP contribution in [-0.2, 0) is 20.3 Å². The topological polar surface area (TPSA) is 106 Å². The van der Waals surface area contributed by atoms with Crippen molar-refractivity contribution >= 4 is 33.1 Å². The van der Waals surface area contributed by atoms with Crippen molar-refractivity contribution < 1.29 is 22.1 Å². The fourth-order valence-corrected chi connectivity index (χ4v) is 3.97. The van der Waals surface area contributed by atoms with Crippen molar-refractivity contribution in [3.8, 4) is 11.5 Å². The fraction of sp³-hybridized carbons (Fsp3) is 0.316. The number of rotatable bonds is 4. The summed E-state index contributed by atoms with van der Waals surface area (Å²) in [5, 5.41) is 9.67. The lowest BCUT2D eigenvalue weighted by atomic mass is 9.86. The number of anilines is 3. The average Bonchev–Trinajstić information content (AvgIpc) is 3.10. The van der Waals surface area contributed by atoms with Crippen LogP contribution in [0, 0.1) is 0 Å². The zero-order valence-electron chi connectivity index (χ0n) is 15.9. The Hall–Kier alpha value is -2.94. The Morgan fingerprint density at radius 2 is 1.71 bits per heavy atom.